The molecule has 7 heteroatoms. The maximum Gasteiger partial charge on any atom is 0.229 e. The minimum atomic E-state index is -3.30. The van der Waals surface area contributed by atoms with E-state index in [1.54, 1.807) is 12.1 Å². The second-order valence-electron chi connectivity index (χ2n) is 3.79. The van der Waals surface area contributed by atoms with Crippen molar-refractivity contribution in [3.63, 3.8) is 0 Å². The number of benzene rings is 1. The van der Waals surface area contributed by atoms with Crippen molar-refractivity contribution in [2.45, 2.75) is 24.7 Å². The highest BCUT2D eigenvalue weighted by molar-refractivity contribution is 8.72. The first-order chi connectivity index (χ1) is 8.99. The Morgan fingerprint density at radius 1 is 1.32 bits per heavy atom. The normalized spacial score (nSPS) is 11.3. The minimum Gasteiger partial charge on any atom is -0.326 e. The Kier molecular flexibility index (Phi) is 6.68. The predicted molar refractivity (Wildman–Crippen MR) is 80.3 cm³/mol. The van der Waals surface area contributed by atoms with Crippen LogP contribution in [0.3, 0.4) is 0 Å². The molecule has 4 nitrogen and oxygen atoms in total. The van der Waals surface area contributed by atoms with Gasteiger partial charge in [-0.05, 0) is 41.5 Å². The molecule has 0 heterocycles. The maximum atomic E-state index is 11.9. The largest absolute Gasteiger partial charge is 0.326 e. The topological polar surface area (TPSA) is 63.2 Å². The third kappa shape index (κ3) is 5.42. The molecular formula is C12H16ClNO3S2. The summed E-state index contributed by atoms with van der Waals surface area (Å²) in [6.07, 6.45) is 1.03. The SMILES string of the molecule is CCCSS(=O)(=O)c1ccc(NC(=O)CCCl)cc1. The first kappa shape index (κ1) is 16.3. The molecule has 19 heavy (non-hydrogen) atoms. The number of halogens is 1. The van der Waals surface area contributed by atoms with Crippen molar-refractivity contribution in [2.75, 3.05) is 16.9 Å². The molecule has 0 fully saturated rings. The van der Waals surface area contributed by atoms with Gasteiger partial charge in [-0.15, -0.1) is 11.6 Å². The van der Waals surface area contributed by atoms with E-state index in [1.807, 2.05) is 6.92 Å². The van der Waals surface area contributed by atoms with E-state index < -0.39 is 8.87 Å². The summed E-state index contributed by atoms with van der Waals surface area (Å²) >= 11 is 5.45. The summed E-state index contributed by atoms with van der Waals surface area (Å²) < 4.78 is 23.8. The van der Waals surface area contributed by atoms with Gasteiger partial charge in [0.1, 0.15) is 0 Å². The number of anilines is 1. The summed E-state index contributed by atoms with van der Waals surface area (Å²) in [6, 6.07) is 6.14. The highest BCUT2D eigenvalue weighted by atomic mass is 35.5. The monoisotopic (exact) mass is 321 g/mol. The molecule has 0 spiro atoms. The molecule has 0 aliphatic carbocycles. The smallest absolute Gasteiger partial charge is 0.229 e. The van der Waals surface area contributed by atoms with Crippen LogP contribution in [0.5, 0.6) is 0 Å². The molecule has 0 saturated heterocycles. The van der Waals surface area contributed by atoms with E-state index in [0.29, 0.717) is 11.4 Å². The van der Waals surface area contributed by atoms with Gasteiger partial charge in [0, 0.05) is 23.7 Å². The lowest BCUT2D eigenvalue weighted by molar-refractivity contribution is -0.115. The number of nitrogens with one attached hydrogen (secondary N) is 1. The van der Waals surface area contributed by atoms with Crippen LogP contribution in [0.2, 0.25) is 0 Å². The molecular weight excluding hydrogens is 306 g/mol. The van der Waals surface area contributed by atoms with Crippen LogP contribution in [0.25, 0.3) is 0 Å². The van der Waals surface area contributed by atoms with Gasteiger partial charge >= 0.3 is 0 Å². The van der Waals surface area contributed by atoms with Gasteiger partial charge in [0.05, 0.1) is 4.90 Å². The zero-order chi connectivity index (χ0) is 14.3. The Morgan fingerprint density at radius 2 is 1.95 bits per heavy atom. The zero-order valence-electron chi connectivity index (χ0n) is 10.6. The molecule has 0 bridgehead atoms. The first-order valence-corrected chi connectivity index (χ1v) is 9.37. The van der Waals surface area contributed by atoms with Gasteiger partial charge < -0.3 is 5.32 Å². The van der Waals surface area contributed by atoms with E-state index in [1.165, 1.54) is 12.1 Å². The molecule has 1 amide bonds. The van der Waals surface area contributed by atoms with E-state index in [-0.39, 0.29) is 23.1 Å². The van der Waals surface area contributed by atoms with Crippen LogP contribution in [-0.2, 0) is 13.7 Å². The lowest BCUT2D eigenvalue weighted by Crippen LogP contribution is -2.11. The number of carbonyl (C=O) groups is 1. The third-order valence-electron chi connectivity index (χ3n) is 2.19. The predicted octanol–water partition coefficient (Wildman–Crippen LogP) is 3.09. The van der Waals surface area contributed by atoms with Crippen LogP contribution in [0.4, 0.5) is 5.69 Å². The second-order valence-corrected chi connectivity index (χ2v) is 8.21. The molecule has 0 atom stereocenters. The Balaban J connectivity index is 2.73. The Labute approximate surface area is 122 Å². The third-order valence-corrected chi connectivity index (χ3v) is 6.12. The van der Waals surface area contributed by atoms with E-state index in [4.69, 9.17) is 11.6 Å². The number of hydrogen-bond acceptors (Lipinski definition) is 4. The van der Waals surface area contributed by atoms with Crippen LogP contribution in [0.15, 0.2) is 29.2 Å². The van der Waals surface area contributed by atoms with E-state index >= 15 is 0 Å². The van der Waals surface area contributed by atoms with Gasteiger partial charge in [-0.25, -0.2) is 8.42 Å². The van der Waals surface area contributed by atoms with Crippen molar-refractivity contribution in [1.82, 2.24) is 0 Å². The molecule has 0 aromatic heterocycles. The Hall–Kier alpha value is -0.720. The minimum absolute atomic E-state index is 0.189. The summed E-state index contributed by atoms with van der Waals surface area (Å²) in [5.41, 5.74) is 0.564. The highest BCUT2D eigenvalue weighted by Gasteiger charge is 2.14. The lowest BCUT2D eigenvalue weighted by atomic mass is 10.3. The molecule has 0 aliphatic rings. The Bertz CT molecular complexity index is 514. The van der Waals surface area contributed by atoms with E-state index in [0.717, 1.165) is 17.2 Å². The van der Waals surface area contributed by atoms with Crippen LogP contribution in [0, 0.1) is 0 Å². The average Bonchev–Trinajstić information content (AvgIpc) is 2.37. The molecule has 1 aromatic carbocycles. The van der Waals surface area contributed by atoms with Crippen molar-refractivity contribution in [3.8, 4) is 0 Å². The number of alkyl halides is 1. The van der Waals surface area contributed by atoms with Crippen LogP contribution in [0.1, 0.15) is 19.8 Å². The fraction of sp³-hybridized carbons (Fsp3) is 0.417. The van der Waals surface area contributed by atoms with Crippen molar-refractivity contribution in [3.05, 3.63) is 24.3 Å². The van der Waals surface area contributed by atoms with Gasteiger partial charge in [0.25, 0.3) is 0 Å². The zero-order valence-corrected chi connectivity index (χ0v) is 12.9. The summed E-state index contributed by atoms with van der Waals surface area (Å²) in [7, 11) is -2.37. The van der Waals surface area contributed by atoms with Gasteiger partial charge in [0.2, 0.25) is 14.8 Å². The van der Waals surface area contributed by atoms with Gasteiger partial charge in [-0.1, -0.05) is 6.92 Å². The van der Waals surface area contributed by atoms with Crippen molar-refractivity contribution in [2.24, 2.45) is 0 Å². The summed E-state index contributed by atoms with van der Waals surface area (Å²) in [4.78, 5) is 11.6. The summed E-state index contributed by atoms with van der Waals surface area (Å²) in [5.74, 6) is 0.633. The van der Waals surface area contributed by atoms with Crippen molar-refractivity contribution in [1.29, 1.82) is 0 Å². The molecule has 106 valence electrons. The second kappa shape index (κ2) is 7.77. The fourth-order valence-corrected chi connectivity index (χ4v) is 4.34. The Morgan fingerprint density at radius 3 is 2.47 bits per heavy atom. The standard InChI is InChI=1S/C12H16ClNO3S2/c1-2-9-18-19(16,17)11-5-3-10(4-6-11)14-12(15)7-8-13/h3-6H,2,7-9H2,1H3,(H,14,15). The van der Waals surface area contributed by atoms with Gasteiger partial charge in [0.15, 0.2) is 0 Å². The number of amides is 1. The van der Waals surface area contributed by atoms with Crippen molar-refractivity contribution >= 4 is 42.9 Å². The number of hydrogen-bond donors (Lipinski definition) is 1. The highest BCUT2D eigenvalue weighted by Crippen LogP contribution is 2.25. The molecule has 0 unspecified atom stereocenters. The number of rotatable bonds is 7. The quantitative estimate of drug-likeness (QED) is 0.619. The van der Waals surface area contributed by atoms with Gasteiger partial charge in [-0.2, -0.15) is 0 Å². The van der Waals surface area contributed by atoms with E-state index in [9.17, 15) is 13.2 Å². The molecule has 1 N–H and O–H groups in total. The molecule has 0 saturated carbocycles. The van der Waals surface area contributed by atoms with Gasteiger partial charge in [-0.3, -0.25) is 4.79 Å². The van der Waals surface area contributed by atoms with Crippen LogP contribution >= 0.6 is 22.4 Å². The molecule has 0 radical (unpaired) electrons. The maximum absolute atomic E-state index is 11.9. The molecule has 1 aromatic rings. The molecule has 0 aliphatic heterocycles. The number of carbonyl (C=O) groups excluding carboxylic acids is 1. The average molecular weight is 322 g/mol. The first-order valence-electron chi connectivity index (χ1n) is 5.85. The summed E-state index contributed by atoms with van der Waals surface area (Å²) in [5, 5.41) is 2.64. The van der Waals surface area contributed by atoms with Crippen LogP contribution < -0.4 is 5.32 Å². The van der Waals surface area contributed by atoms with Crippen LogP contribution in [-0.4, -0.2) is 26.0 Å². The fourth-order valence-electron chi connectivity index (χ4n) is 1.28. The van der Waals surface area contributed by atoms with E-state index in [2.05, 4.69) is 5.32 Å². The molecule has 1 rings (SSSR count). The van der Waals surface area contributed by atoms with Crippen molar-refractivity contribution < 1.29 is 13.2 Å². The summed E-state index contributed by atoms with van der Waals surface area (Å²) in [6.45, 7) is 1.93. The lowest BCUT2D eigenvalue weighted by Gasteiger charge is -2.06.